The molecule has 2 atom stereocenters. The molecule has 0 aromatic carbocycles. The lowest BCUT2D eigenvalue weighted by Gasteiger charge is -2.40. The number of carbonyl (C=O) groups is 1. The maximum absolute atomic E-state index is 12.7. The summed E-state index contributed by atoms with van der Waals surface area (Å²) in [6.45, 7) is 13.0. The molecule has 0 amide bonds. The molecular weight excluding hydrogens is 232 g/mol. The molecular formula is C18H30O. The first-order valence-electron chi connectivity index (χ1n) is 7.54. The van der Waals surface area contributed by atoms with Crippen LogP contribution in [0.4, 0.5) is 0 Å². The number of Topliss-reactive ketones (excluding diaryl/α,β-unsaturated/α-hetero) is 1. The van der Waals surface area contributed by atoms with Gasteiger partial charge in [0.2, 0.25) is 0 Å². The Kier molecular flexibility index (Phi) is 5.58. The van der Waals surface area contributed by atoms with E-state index in [1.165, 1.54) is 17.6 Å². The molecule has 108 valence electrons. The van der Waals surface area contributed by atoms with Crippen molar-refractivity contribution in [1.82, 2.24) is 0 Å². The van der Waals surface area contributed by atoms with E-state index >= 15 is 0 Å². The van der Waals surface area contributed by atoms with Gasteiger partial charge in [0, 0.05) is 11.8 Å². The Hall–Kier alpha value is -0.850. The molecule has 19 heavy (non-hydrogen) atoms. The Morgan fingerprint density at radius 2 is 1.63 bits per heavy atom. The van der Waals surface area contributed by atoms with Crippen LogP contribution in [-0.2, 0) is 4.79 Å². The topological polar surface area (TPSA) is 17.1 Å². The van der Waals surface area contributed by atoms with Crippen LogP contribution < -0.4 is 0 Å². The van der Waals surface area contributed by atoms with Gasteiger partial charge in [-0.2, -0.15) is 0 Å². The summed E-state index contributed by atoms with van der Waals surface area (Å²) in [6, 6.07) is 0. The van der Waals surface area contributed by atoms with Crippen LogP contribution in [0.5, 0.6) is 0 Å². The Balaban J connectivity index is 2.81. The summed E-state index contributed by atoms with van der Waals surface area (Å²) in [6.07, 6.45) is 8.52. The predicted molar refractivity (Wildman–Crippen MR) is 83.1 cm³/mol. The fraction of sp³-hybridized carbons (Fsp3) is 0.722. The molecule has 1 nitrogen and oxygen atoms in total. The highest BCUT2D eigenvalue weighted by Crippen LogP contribution is 2.43. The zero-order valence-electron chi connectivity index (χ0n) is 13.5. The van der Waals surface area contributed by atoms with Crippen LogP contribution in [-0.4, -0.2) is 5.78 Å². The van der Waals surface area contributed by atoms with E-state index in [9.17, 15) is 4.79 Å². The van der Waals surface area contributed by atoms with Gasteiger partial charge in [-0.1, -0.05) is 37.1 Å². The van der Waals surface area contributed by atoms with Crippen LogP contribution in [0.2, 0.25) is 0 Å². The van der Waals surface area contributed by atoms with Crippen LogP contribution in [0, 0.1) is 17.3 Å². The van der Waals surface area contributed by atoms with E-state index in [0.29, 0.717) is 5.78 Å². The van der Waals surface area contributed by atoms with E-state index in [2.05, 4.69) is 53.7 Å². The van der Waals surface area contributed by atoms with Gasteiger partial charge < -0.3 is 0 Å². The third-order valence-corrected chi connectivity index (χ3v) is 4.40. The molecule has 0 aromatic heterocycles. The third-order valence-electron chi connectivity index (χ3n) is 4.40. The molecule has 0 unspecified atom stereocenters. The van der Waals surface area contributed by atoms with Crippen LogP contribution in [0.3, 0.4) is 0 Å². The van der Waals surface area contributed by atoms with E-state index in [1.54, 1.807) is 0 Å². The number of hydrogen-bond acceptors (Lipinski definition) is 1. The Morgan fingerprint density at radius 3 is 2.16 bits per heavy atom. The number of rotatable bonds is 4. The molecule has 0 bridgehead atoms. The summed E-state index contributed by atoms with van der Waals surface area (Å²) in [5.74, 6) is 0.941. The fourth-order valence-electron chi connectivity index (χ4n) is 2.93. The van der Waals surface area contributed by atoms with Crippen molar-refractivity contribution >= 4 is 5.78 Å². The standard InChI is InChI=1S/C18H30O/c1-13(2)7-9-15-11-12-18(5,6)16(17(15)19)10-8-14(3)4/h7-8,15-16H,9-12H2,1-6H3/t15-,16-/m1/s1. The lowest BCUT2D eigenvalue weighted by Crippen LogP contribution is -2.40. The zero-order chi connectivity index (χ0) is 14.6. The molecule has 0 heterocycles. The number of ketones is 1. The second-order valence-electron chi connectivity index (χ2n) is 7.21. The van der Waals surface area contributed by atoms with Gasteiger partial charge in [-0.05, 0) is 58.8 Å². The van der Waals surface area contributed by atoms with Gasteiger partial charge in [0.1, 0.15) is 5.78 Å². The number of allylic oxidation sites excluding steroid dienone is 4. The minimum Gasteiger partial charge on any atom is -0.299 e. The molecule has 1 fully saturated rings. The van der Waals surface area contributed by atoms with E-state index < -0.39 is 0 Å². The van der Waals surface area contributed by atoms with Crippen molar-refractivity contribution in [3.8, 4) is 0 Å². The summed E-state index contributed by atoms with van der Waals surface area (Å²) in [5, 5.41) is 0. The third kappa shape index (κ3) is 4.63. The molecule has 0 spiro atoms. The summed E-state index contributed by atoms with van der Waals surface area (Å²) in [4.78, 5) is 12.7. The van der Waals surface area contributed by atoms with E-state index in [0.717, 1.165) is 19.3 Å². The predicted octanol–water partition coefficient (Wildman–Crippen LogP) is 5.32. The van der Waals surface area contributed by atoms with E-state index in [4.69, 9.17) is 0 Å². The maximum Gasteiger partial charge on any atom is 0.140 e. The second kappa shape index (κ2) is 6.54. The van der Waals surface area contributed by atoms with Crippen molar-refractivity contribution in [2.24, 2.45) is 17.3 Å². The molecule has 0 N–H and O–H groups in total. The van der Waals surface area contributed by atoms with Gasteiger partial charge in [-0.3, -0.25) is 4.79 Å². The summed E-state index contributed by atoms with van der Waals surface area (Å²) in [7, 11) is 0. The van der Waals surface area contributed by atoms with Crippen LogP contribution >= 0.6 is 0 Å². The van der Waals surface area contributed by atoms with Gasteiger partial charge >= 0.3 is 0 Å². The largest absolute Gasteiger partial charge is 0.299 e. The van der Waals surface area contributed by atoms with Crippen LogP contribution in [0.25, 0.3) is 0 Å². The van der Waals surface area contributed by atoms with E-state index in [-0.39, 0.29) is 17.3 Å². The van der Waals surface area contributed by atoms with Crippen LogP contribution in [0.15, 0.2) is 23.3 Å². The van der Waals surface area contributed by atoms with Crippen molar-refractivity contribution in [3.63, 3.8) is 0 Å². The molecule has 0 aliphatic heterocycles. The first-order valence-corrected chi connectivity index (χ1v) is 7.54. The molecule has 1 heteroatoms. The molecule has 0 aromatic rings. The molecule has 0 saturated heterocycles. The molecule has 1 saturated carbocycles. The van der Waals surface area contributed by atoms with Crippen molar-refractivity contribution < 1.29 is 4.79 Å². The van der Waals surface area contributed by atoms with Gasteiger partial charge in [-0.25, -0.2) is 0 Å². The Labute approximate surface area is 119 Å². The molecule has 0 radical (unpaired) electrons. The van der Waals surface area contributed by atoms with Gasteiger partial charge in [0.25, 0.3) is 0 Å². The Bertz CT molecular complexity index is 376. The highest BCUT2D eigenvalue weighted by Gasteiger charge is 2.41. The normalized spacial score (nSPS) is 25.9. The zero-order valence-corrected chi connectivity index (χ0v) is 13.5. The smallest absolute Gasteiger partial charge is 0.140 e. The SMILES string of the molecule is CC(C)=CC[C@@H]1CCC(C)(C)[C@H](CC=C(C)C)C1=O. The van der Waals surface area contributed by atoms with Crippen LogP contribution in [0.1, 0.15) is 67.2 Å². The highest BCUT2D eigenvalue weighted by molar-refractivity contribution is 5.85. The average molecular weight is 262 g/mol. The minimum absolute atomic E-state index is 0.157. The van der Waals surface area contributed by atoms with Gasteiger partial charge in [0.05, 0.1) is 0 Å². The summed E-state index contributed by atoms with van der Waals surface area (Å²) >= 11 is 0. The Morgan fingerprint density at radius 1 is 1.11 bits per heavy atom. The van der Waals surface area contributed by atoms with E-state index in [1.807, 2.05) is 0 Å². The van der Waals surface area contributed by atoms with Crippen molar-refractivity contribution in [2.45, 2.75) is 67.2 Å². The monoisotopic (exact) mass is 262 g/mol. The lowest BCUT2D eigenvalue weighted by molar-refractivity contribution is -0.134. The van der Waals surface area contributed by atoms with Gasteiger partial charge in [0.15, 0.2) is 0 Å². The number of hydrogen-bond donors (Lipinski definition) is 0. The van der Waals surface area contributed by atoms with Crippen molar-refractivity contribution in [2.75, 3.05) is 0 Å². The second-order valence-corrected chi connectivity index (χ2v) is 7.21. The highest BCUT2D eigenvalue weighted by atomic mass is 16.1. The van der Waals surface area contributed by atoms with Gasteiger partial charge in [-0.15, -0.1) is 0 Å². The summed E-state index contributed by atoms with van der Waals surface area (Å²) < 4.78 is 0. The lowest BCUT2D eigenvalue weighted by atomic mass is 9.63. The number of carbonyl (C=O) groups excluding carboxylic acids is 1. The maximum atomic E-state index is 12.7. The molecule has 1 rings (SSSR count). The quantitative estimate of drug-likeness (QED) is 0.627. The first-order chi connectivity index (χ1) is 8.74. The molecule has 1 aliphatic carbocycles. The molecule has 1 aliphatic rings. The summed E-state index contributed by atoms with van der Waals surface area (Å²) in [5.41, 5.74) is 2.79. The first kappa shape index (κ1) is 16.2. The minimum atomic E-state index is 0.157. The van der Waals surface area contributed by atoms with Crippen molar-refractivity contribution in [1.29, 1.82) is 0 Å². The fourth-order valence-corrected chi connectivity index (χ4v) is 2.93. The average Bonchev–Trinajstić information content (AvgIpc) is 2.26. The van der Waals surface area contributed by atoms with Crippen molar-refractivity contribution in [3.05, 3.63) is 23.3 Å².